The van der Waals surface area contributed by atoms with Crippen LogP contribution in [0.25, 0.3) is 0 Å². The van der Waals surface area contributed by atoms with E-state index in [1.165, 1.54) is 59.3 Å². The van der Waals surface area contributed by atoms with Crippen LogP contribution >= 0.6 is 0 Å². The topological polar surface area (TPSA) is 121 Å². The molecule has 4 aliphatic carbocycles. The van der Waals surface area contributed by atoms with Gasteiger partial charge >= 0.3 is 18.0 Å². The third-order valence-corrected chi connectivity index (χ3v) is 17.2. The smallest absolute Gasteiger partial charge is 0.409 e. The molecule has 0 aliphatic heterocycles. The average molecular weight is 1030 g/mol. The summed E-state index contributed by atoms with van der Waals surface area (Å²) in [5.41, 5.74) is 7.18. The Morgan fingerprint density at radius 1 is 0.573 bits per heavy atom. The van der Waals surface area contributed by atoms with Gasteiger partial charge in [0.05, 0.1) is 6.10 Å². The van der Waals surface area contributed by atoms with Crippen LogP contribution < -0.4 is 9.47 Å². The van der Waals surface area contributed by atoms with Gasteiger partial charge in [0, 0.05) is 14.1 Å². The van der Waals surface area contributed by atoms with E-state index in [2.05, 4.69) is 45.9 Å². The Bertz CT molecular complexity index is 2370. The highest BCUT2D eigenvalue weighted by Gasteiger charge is 2.45. The number of hydrogen-bond acceptors (Lipinski definition) is 9. The average Bonchev–Trinajstić information content (AvgIpc) is 3.91. The van der Waals surface area contributed by atoms with Crippen molar-refractivity contribution in [3.63, 3.8) is 0 Å². The molecule has 1 N–H and O–H groups in total. The number of hydrogen-bond donors (Lipinski definition) is 1. The molecule has 8 rings (SSSR count). The molecule has 0 radical (unpaired) electrons. The second-order valence-electron chi connectivity index (χ2n) is 22.8. The number of amides is 1. The minimum Gasteiger partial charge on any atom is -0.482 e. The maximum atomic E-state index is 12.4. The molecule has 75 heavy (non-hydrogen) atoms. The van der Waals surface area contributed by atoms with E-state index in [0.29, 0.717) is 47.3 Å². The van der Waals surface area contributed by atoms with Crippen LogP contribution in [0.1, 0.15) is 151 Å². The van der Waals surface area contributed by atoms with E-state index in [4.69, 9.17) is 23.7 Å². The fraction of sp³-hybridized carbons (Fsp3) is 0.585. The zero-order chi connectivity index (χ0) is 53.1. The molecule has 0 saturated heterocycles. The number of nitrogens with zero attached hydrogens (tertiary/aromatic N) is 1. The highest BCUT2D eigenvalue weighted by atomic mass is 16.6. The zero-order valence-electron chi connectivity index (χ0n) is 46.2. The van der Waals surface area contributed by atoms with E-state index in [1.807, 2.05) is 78.9 Å². The van der Waals surface area contributed by atoms with Crippen molar-refractivity contribution in [1.29, 1.82) is 0 Å². The Balaban J connectivity index is 0.000000221. The molecule has 2 saturated carbocycles. The largest absolute Gasteiger partial charge is 0.482 e. The third kappa shape index (κ3) is 16.8. The van der Waals surface area contributed by atoms with Crippen LogP contribution in [0.3, 0.4) is 0 Å². The Morgan fingerprint density at radius 3 is 1.51 bits per heavy atom. The lowest BCUT2D eigenvalue weighted by molar-refractivity contribution is -0.148. The predicted molar refractivity (Wildman–Crippen MR) is 296 cm³/mol. The molecule has 0 bridgehead atoms. The van der Waals surface area contributed by atoms with E-state index in [9.17, 15) is 19.5 Å². The van der Waals surface area contributed by atoms with Crippen LogP contribution in [0, 0.1) is 47.3 Å². The first-order valence-corrected chi connectivity index (χ1v) is 28.8. The summed E-state index contributed by atoms with van der Waals surface area (Å²) in [5.74, 6) is 6.20. The van der Waals surface area contributed by atoms with Gasteiger partial charge in [0.2, 0.25) is 0 Å². The predicted octanol–water partition coefficient (Wildman–Crippen LogP) is 13.7. The van der Waals surface area contributed by atoms with Crippen LogP contribution in [-0.4, -0.2) is 67.6 Å². The van der Waals surface area contributed by atoms with E-state index < -0.39 is 0 Å². The number of carbonyl (C=O) groups is 3. The first-order valence-electron chi connectivity index (χ1n) is 28.8. The zero-order valence-corrected chi connectivity index (χ0v) is 46.2. The van der Waals surface area contributed by atoms with Crippen molar-refractivity contribution < 1.29 is 43.2 Å². The molecule has 2 fully saturated rings. The lowest BCUT2D eigenvalue weighted by Crippen LogP contribution is -2.30. The number of unbranched alkanes of at least 4 members (excludes halogenated alkanes) is 4. The number of fused-ring (bicyclic) bond motifs is 4. The van der Waals surface area contributed by atoms with Gasteiger partial charge in [-0.05, 0) is 176 Å². The molecule has 0 heterocycles. The number of benzene rings is 4. The van der Waals surface area contributed by atoms with Gasteiger partial charge in [-0.25, -0.2) is 14.4 Å². The maximum Gasteiger partial charge on any atom is 0.409 e. The fourth-order valence-corrected chi connectivity index (χ4v) is 13.2. The van der Waals surface area contributed by atoms with Crippen molar-refractivity contribution in [2.24, 2.45) is 47.3 Å². The molecule has 0 aromatic heterocycles. The molecule has 4 aromatic carbocycles. The van der Waals surface area contributed by atoms with Crippen molar-refractivity contribution in [3.05, 3.63) is 130 Å². The van der Waals surface area contributed by atoms with E-state index in [-0.39, 0.29) is 56.7 Å². The molecule has 4 aromatic rings. The summed E-state index contributed by atoms with van der Waals surface area (Å²) in [4.78, 5) is 38.5. The Labute approximate surface area is 449 Å². The van der Waals surface area contributed by atoms with Gasteiger partial charge in [0.1, 0.15) is 30.8 Å². The summed E-state index contributed by atoms with van der Waals surface area (Å²) in [5, 5.41) is 10.5. The van der Waals surface area contributed by atoms with Gasteiger partial charge in [0.15, 0.2) is 13.2 Å². The number of carbonyl (C=O) groups excluding carboxylic acids is 3. The highest BCUT2D eigenvalue weighted by molar-refractivity contribution is 5.71. The summed E-state index contributed by atoms with van der Waals surface area (Å²) in [6.45, 7) is 9.59. The Kier molecular flexibility index (Phi) is 22.4. The van der Waals surface area contributed by atoms with Crippen molar-refractivity contribution in [2.75, 3.05) is 27.3 Å². The summed E-state index contributed by atoms with van der Waals surface area (Å²) in [6, 6.07) is 31.9. The van der Waals surface area contributed by atoms with E-state index in [1.54, 1.807) is 14.1 Å². The van der Waals surface area contributed by atoms with E-state index >= 15 is 0 Å². The van der Waals surface area contributed by atoms with Crippen LogP contribution in [0.5, 0.6) is 11.5 Å². The van der Waals surface area contributed by atoms with Gasteiger partial charge in [-0.15, -0.1) is 0 Å². The first-order chi connectivity index (χ1) is 36.4. The quantitative estimate of drug-likeness (QED) is 0.0393. The van der Waals surface area contributed by atoms with Gasteiger partial charge in [0.25, 0.3) is 0 Å². The monoisotopic (exact) mass is 1030 g/mol. The minimum absolute atomic E-state index is 0.00905. The fourth-order valence-electron chi connectivity index (χ4n) is 13.2. The standard InChI is InChI=1S/C34H47NO5.C31H42O4/c1-5-6-8-15-28(40-34(37)35(3)4)17-18-29-24(2)19-27-21-31-26(20-30(27)29)14-11-16-32(31)38-23-33(36)39-22-25-12-9-7-10-13-25;1-3-4-6-13-26(32)15-16-27-22(2)17-25-19-29-24(18-28(25)27)12-9-14-30(29)34-21-31(33)35-20-23-10-7-5-8-11-23/h7,9-14,16,24,27-30H,5-6,8,15,17-23H2,1-4H3;5,7-12,14,22,25-28,32H,3-4,6,13,15-21H2,1-2H3/t24-,27-,28+,29+,30+;22-,25-,26+,27+,28+/m11/s1. The van der Waals surface area contributed by atoms with Crippen molar-refractivity contribution >= 4 is 18.0 Å². The van der Waals surface area contributed by atoms with Crippen molar-refractivity contribution in [1.82, 2.24) is 4.90 Å². The SMILES string of the molecule is CCCCC[C@@H](CC[C@@H]1[C@H]2Cc3cccc(OCC(=O)OCc4ccccc4)c3C[C@H]2C[C@H]1C)OC(=O)N(C)C.CCCCC[C@H](O)CC[C@@H]1[C@H]2Cc3cccc(OCC(=O)OCc4ccccc4)c3C[C@H]2C[C@H]1C. The molecule has 408 valence electrons. The van der Waals surface area contributed by atoms with Gasteiger partial charge in [-0.3, -0.25) is 0 Å². The normalized spacial score (nSPS) is 22.9. The molecule has 1 amide bonds. The molecule has 4 aliphatic rings. The molecule has 0 spiro atoms. The van der Waals surface area contributed by atoms with Crippen molar-refractivity contribution in [3.8, 4) is 11.5 Å². The maximum absolute atomic E-state index is 12.4. The summed E-state index contributed by atoms with van der Waals surface area (Å²) in [7, 11) is 3.50. The van der Waals surface area contributed by atoms with E-state index in [0.717, 1.165) is 106 Å². The van der Waals surface area contributed by atoms with Crippen LogP contribution in [0.15, 0.2) is 97.1 Å². The summed E-state index contributed by atoms with van der Waals surface area (Å²) in [6.07, 6.45) is 19.2. The van der Waals surface area contributed by atoms with Crippen molar-refractivity contribution in [2.45, 2.75) is 169 Å². The summed E-state index contributed by atoms with van der Waals surface area (Å²) < 4.78 is 28.7. The van der Waals surface area contributed by atoms with Crippen LogP contribution in [0.4, 0.5) is 4.79 Å². The molecular formula is C65H89NO9. The number of aliphatic hydroxyl groups excluding tert-OH is 1. The van der Waals surface area contributed by atoms with Crippen LogP contribution in [0.2, 0.25) is 0 Å². The number of esters is 2. The van der Waals surface area contributed by atoms with Crippen LogP contribution in [-0.2, 0) is 62.7 Å². The molecule has 10 atom stereocenters. The first kappa shape index (κ1) is 57.4. The lowest BCUT2D eigenvalue weighted by atomic mass is 9.73. The number of aliphatic hydroxyl groups is 1. The summed E-state index contributed by atoms with van der Waals surface area (Å²) >= 11 is 0. The van der Waals surface area contributed by atoms with Gasteiger partial charge in [-0.1, -0.05) is 145 Å². The molecular weight excluding hydrogens is 939 g/mol. The number of ether oxygens (including phenoxy) is 5. The molecule has 10 heteroatoms. The third-order valence-electron chi connectivity index (χ3n) is 17.2. The second-order valence-corrected chi connectivity index (χ2v) is 22.8. The second kappa shape index (κ2) is 29.2. The highest BCUT2D eigenvalue weighted by Crippen LogP contribution is 2.52. The minimum atomic E-state index is -0.354. The van der Waals surface area contributed by atoms with Gasteiger partial charge < -0.3 is 33.7 Å². The van der Waals surface area contributed by atoms with Gasteiger partial charge in [-0.2, -0.15) is 0 Å². The molecule has 10 nitrogen and oxygen atoms in total. The number of rotatable bonds is 25. The molecule has 0 unspecified atom stereocenters. The Morgan fingerprint density at radius 2 is 1.04 bits per heavy atom. The lowest BCUT2D eigenvalue weighted by Gasteiger charge is -2.33. The Hall–Kier alpha value is -5.35.